The maximum Gasteiger partial charge on any atom is 0.258 e. The number of benzene rings is 2. The van der Waals surface area contributed by atoms with Gasteiger partial charge in [0.15, 0.2) is 13.2 Å². The summed E-state index contributed by atoms with van der Waals surface area (Å²) in [5, 5.41) is 5.47. The lowest BCUT2D eigenvalue weighted by molar-refractivity contribution is -0.125. The number of hydrogen-bond acceptors (Lipinski definition) is 6. The van der Waals surface area contributed by atoms with Gasteiger partial charge in [0.1, 0.15) is 23.0 Å². The molecule has 29 heavy (non-hydrogen) atoms. The van der Waals surface area contributed by atoms with Gasteiger partial charge in [-0.15, -0.1) is 0 Å². The van der Waals surface area contributed by atoms with Crippen LogP contribution in [0.4, 0.5) is 0 Å². The smallest absolute Gasteiger partial charge is 0.258 e. The van der Waals surface area contributed by atoms with Crippen molar-refractivity contribution >= 4 is 11.8 Å². The number of amides is 2. The van der Waals surface area contributed by atoms with Crippen LogP contribution in [0.3, 0.4) is 0 Å². The van der Waals surface area contributed by atoms with E-state index >= 15 is 0 Å². The van der Waals surface area contributed by atoms with Crippen LogP contribution in [-0.4, -0.2) is 51.8 Å². The average molecular weight is 402 g/mol. The zero-order valence-corrected chi connectivity index (χ0v) is 16.8. The van der Waals surface area contributed by atoms with Gasteiger partial charge in [0.25, 0.3) is 11.8 Å². The third-order valence-corrected chi connectivity index (χ3v) is 3.87. The summed E-state index contributed by atoms with van der Waals surface area (Å²) in [4.78, 5) is 23.8. The van der Waals surface area contributed by atoms with Gasteiger partial charge in [-0.3, -0.25) is 9.59 Å². The lowest BCUT2D eigenvalue weighted by Gasteiger charge is -2.15. The minimum Gasteiger partial charge on any atom is -0.497 e. The van der Waals surface area contributed by atoms with Crippen molar-refractivity contribution in [3.8, 4) is 23.0 Å². The number of hydrogen-bond donors (Lipinski definition) is 2. The molecule has 0 unspecified atom stereocenters. The number of methoxy groups -OCH3 is 2. The topological polar surface area (TPSA) is 95.1 Å². The molecule has 0 heterocycles. The second kappa shape index (κ2) is 11.4. The summed E-state index contributed by atoms with van der Waals surface area (Å²) in [6.45, 7) is 1.83. The van der Waals surface area contributed by atoms with Crippen molar-refractivity contribution in [3.63, 3.8) is 0 Å². The van der Waals surface area contributed by atoms with Gasteiger partial charge in [-0.05, 0) is 55.5 Å². The summed E-state index contributed by atoms with van der Waals surface area (Å²) in [5.41, 5.74) is 0. The van der Waals surface area contributed by atoms with E-state index in [-0.39, 0.29) is 37.6 Å². The maximum atomic E-state index is 11.9. The van der Waals surface area contributed by atoms with Gasteiger partial charge < -0.3 is 29.6 Å². The lowest BCUT2D eigenvalue weighted by atomic mass is 10.3. The molecule has 0 saturated carbocycles. The van der Waals surface area contributed by atoms with E-state index in [1.54, 1.807) is 69.7 Å². The van der Waals surface area contributed by atoms with Crippen LogP contribution in [0.25, 0.3) is 0 Å². The molecule has 2 aromatic rings. The van der Waals surface area contributed by atoms with E-state index < -0.39 is 0 Å². The Morgan fingerprint density at radius 1 is 0.759 bits per heavy atom. The molecular weight excluding hydrogens is 376 g/mol. The molecule has 0 saturated heterocycles. The molecule has 2 amide bonds. The molecule has 0 aromatic heterocycles. The SMILES string of the molecule is COc1ccc(OCC(=O)NC[C@H](C)NC(=O)COc2ccc(OC)cc2)cc1. The van der Waals surface area contributed by atoms with E-state index in [1.165, 1.54) is 0 Å². The molecule has 8 heteroatoms. The Labute approximate surface area is 170 Å². The van der Waals surface area contributed by atoms with Gasteiger partial charge in [0.2, 0.25) is 0 Å². The zero-order valence-electron chi connectivity index (χ0n) is 16.8. The van der Waals surface area contributed by atoms with Crippen molar-refractivity contribution in [1.29, 1.82) is 0 Å². The highest BCUT2D eigenvalue weighted by Crippen LogP contribution is 2.17. The number of carbonyl (C=O) groups excluding carboxylic acids is 2. The fraction of sp³-hybridized carbons (Fsp3) is 0.333. The Morgan fingerprint density at radius 2 is 1.17 bits per heavy atom. The summed E-state index contributed by atoms with van der Waals surface area (Å²) >= 11 is 0. The summed E-state index contributed by atoms with van der Waals surface area (Å²) in [7, 11) is 3.16. The van der Waals surface area contributed by atoms with E-state index in [9.17, 15) is 9.59 Å². The molecule has 156 valence electrons. The molecular formula is C21H26N2O6. The summed E-state index contributed by atoms with van der Waals surface area (Å²) in [6.07, 6.45) is 0. The Kier molecular flexibility index (Phi) is 8.62. The highest BCUT2D eigenvalue weighted by atomic mass is 16.5. The minimum atomic E-state index is -0.281. The Morgan fingerprint density at radius 3 is 1.62 bits per heavy atom. The van der Waals surface area contributed by atoms with Gasteiger partial charge in [-0.2, -0.15) is 0 Å². The van der Waals surface area contributed by atoms with Crippen LogP contribution in [-0.2, 0) is 9.59 Å². The van der Waals surface area contributed by atoms with Gasteiger partial charge in [0, 0.05) is 12.6 Å². The van der Waals surface area contributed by atoms with Gasteiger partial charge in [-0.1, -0.05) is 0 Å². The summed E-state index contributed by atoms with van der Waals surface area (Å²) in [6, 6.07) is 13.6. The fourth-order valence-corrected chi connectivity index (χ4v) is 2.33. The average Bonchev–Trinajstić information content (AvgIpc) is 2.75. The molecule has 0 spiro atoms. The second-order valence-corrected chi connectivity index (χ2v) is 6.20. The van der Waals surface area contributed by atoms with Gasteiger partial charge in [-0.25, -0.2) is 0 Å². The quantitative estimate of drug-likeness (QED) is 0.595. The van der Waals surface area contributed by atoms with Crippen LogP contribution in [0, 0.1) is 0 Å². The van der Waals surface area contributed by atoms with Crippen molar-refractivity contribution in [1.82, 2.24) is 10.6 Å². The zero-order chi connectivity index (χ0) is 21.1. The Hall–Kier alpha value is -3.42. The first kappa shape index (κ1) is 21.9. The number of ether oxygens (including phenoxy) is 4. The van der Waals surface area contributed by atoms with E-state index in [2.05, 4.69) is 10.6 Å². The molecule has 2 N–H and O–H groups in total. The highest BCUT2D eigenvalue weighted by Gasteiger charge is 2.10. The van der Waals surface area contributed by atoms with E-state index in [4.69, 9.17) is 18.9 Å². The van der Waals surface area contributed by atoms with Gasteiger partial charge >= 0.3 is 0 Å². The van der Waals surface area contributed by atoms with Crippen molar-refractivity contribution in [2.24, 2.45) is 0 Å². The first-order chi connectivity index (χ1) is 14.0. The van der Waals surface area contributed by atoms with Crippen molar-refractivity contribution in [2.75, 3.05) is 34.0 Å². The summed E-state index contributed by atoms with van der Waals surface area (Å²) in [5.74, 6) is 1.99. The molecule has 0 radical (unpaired) electrons. The molecule has 0 aliphatic heterocycles. The van der Waals surface area contributed by atoms with Crippen LogP contribution in [0.1, 0.15) is 6.92 Å². The molecule has 2 rings (SSSR count). The van der Waals surface area contributed by atoms with Crippen molar-refractivity contribution in [2.45, 2.75) is 13.0 Å². The Bertz CT molecular complexity index is 777. The van der Waals surface area contributed by atoms with E-state index in [1.807, 2.05) is 0 Å². The first-order valence-electron chi connectivity index (χ1n) is 9.10. The second-order valence-electron chi connectivity index (χ2n) is 6.20. The summed E-state index contributed by atoms with van der Waals surface area (Å²) < 4.78 is 20.9. The monoisotopic (exact) mass is 402 g/mol. The Balaban J connectivity index is 1.62. The van der Waals surface area contributed by atoms with Crippen molar-refractivity contribution < 1.29 is 28.5 Å². The maximum absolute atomic E-state index is 11.9. The predicted molar refractivity (Wildman–Crippen MR) is 108 cm³/mol. The fourth-order valence-electron chi connectivity index (χ4n) is 2.33. The molecule has 1 atom stereocenters. The predicted octanol–water partition coefficient (Wildman–Crippen LogP) is 1.78. The first-order valence-corrected chi connectivity index (χ1v) is 9.10. The molecule has 2 aromatic carbocycles. The number of carbonyl (C=O) groups is 2. The van der Waals surface area contributed by atoms with Crippen molar-refractivity contribution in [3.05, 3.63) is 48.5 Å². The largest absolute Gasteiger partial charge is 0.497 e. The highest BCUT2D eigenvalue weighted by molar-refractivity contribution is 5.79. The molecule has 0 aliphatic carbocycles. The third kappa shape index (κ3) is 8.00. The lowest BCUT2D eigenvalue weighted by Crippen LogP contribution is -2.44. The van der Waals surface area contributed by atoms with E-state index in [0.717, 1.165) is 0 Å². The third-order valence-electron chi connectivity index (χ3n) is 3.87. The molecule has 0 bridgehead atoms. The normalized spacial score (nSPS) is 11.1. The molecule has 0 aliphatic rings. The molecule has 0 fully saturated rings. The van der Waals surface area contributed by atoms with Crippen LogP contribution < -0.4 is 29.6 Å². The minimum absolute atomic E-state index is 0.117. The van der Waals surface area contributed by atoms with E-state index in [0.29, 0.717) is 23.0 Å². The van der Waals surface area contributed by atoms with Crippen LogP contribution in [0.5, 0.6) is 23.0 Å². The van der Waals surface area contributed by atoms with Crippen LogP contribution >= 0.6 is 0 Å². The number of rotatable bonds is 11. The van der Waals surface area contributed by atoms with Gasteiger partial charge in [0.05, 0.1) is 14.2 Å². The van der Waals surface area contributed by atoms with Crippen LogP contribution in [0.2, 0.25) is 0 Å². The van der Waals surface area contributed by atoms with Crippen LogP contribution in [0.15, 0.2) is 48.5 Å². The number of nitrogens with one attached hydrogen (secondary N) is 2. The molecule has 8 nitrogen and oxygen atoms in total. The standard InChI is InChI=1S/C21H26N2O6/c1-15(23-21(25)14-29-19-10-6-17(27-3)7-11-19)12-22-20(24)13-28-18-8-4-16(26-2)5-9-18/h4-11,15H,12-14H2,1-3H3,(H,22,24)(H,23,25)/t15-/m0/s1.